The molecule has 2 aromatic carbocycles. The Labute approximate surface area is 196 Å². The van der Waals surface area contributed by atoms with Crippen molar-refractivity contribution in [3.05, 3.63) is 71.3 Å². The lowest BCUT2D eigenvalue weighted by atomic mass is 10.1. The maximum absolute atomic E-state index is 5.59. The first-order valence-electron chi connectivity index (χ1n) is 10.6. The molecule has 0 amide bonds. The van der Waals surface area contributed by atoms with Crippen molar-refractivity contribution in [2.45, 2.75) is 26.3 Å². The van der Waals surface area contributed by atoms with Gasteiger partial charge in [-0.25, -0.2) is 4.99 Å². The number of rotatable bonds is 7. The molecule has 5 nitrogen and oxygen atoms in total. The summed E-state index contributed by atoms with van der Waals surface area (Å²) in [6.45, 7) is 7.28. The van der Waals surface area contributed by atoms with Gasteiger partial charge in [-0.3, -0.25) is 0 Å². The quantitative estimate of drug-likeness (QED) is 0.253. The van der Waals surface area contributed by atoms with Crippen LogP contribution in [0.5, 0.6) is 5.75 Å². The van der Waals surface area contributed by atoms with Crippen LogP contribution in [0, 0.1) is 0 Å². The highest BCUT2D eigenvalue weighted by atomic mass is 127. The molecule has 2 aliphatic rings. The van der Waals surface area contributed by atoms with Crippen molar-refractivity contribution in [1.82, 2.24) is 10.6 Å². The Morgan fingerprint density at radius 3 is 2.57 bits per heavy atom. The van der Waals surface area contributed by atoms with E-state index in [1.807, 2.05) is 0 Å². The minimum atomic E-state index is 0. The second-order valence-electron chi connectivity index (χ2n) is 7.46. The molecule has 0 fully saturated rings. The fourth-order valence-corrected chi connectivity index (χ4v) is 3.73. The van der Waals surface area contributed by atoms with Gasteiger partial charge >= 0.3 is 0 Å². The van der Waals surface area contributed by atoms with E-state index in [-0.39, 0.29) is 24.0 Å². The van der Waals surface area contributed by atoms with Gasteiger partial charge in [-0.2, -0.15) is 0 Å². The molecule has 2 N–H and O–H groups in total. The fourth-order valence-electron chi connectivity index (χ4n) is 3.73. The number of fused-ring (bicyclic) bond motifs is 1. The Balaban J connectivity index is 0.00000256. The number of anilines is 1. The third-order valence-corrected chi connectivity index (χ3v) is 5.34. The van der Waals surface area contributed by atoms with Crippen LogP contribution in [0.2, 0.25) is 0 Å². The zero-order valence-corrected chi connectivity index (χ0v) is 19.9. The van der Waals surface area contributed by atoms with Gasteiger partial charge in [0.2, 0.25) is 0 Å². The summed E-state index contributed by atoms with van der Waals surface area (Å²) in [7, 11) is 0. The van der Waals surface area contributed by atoms with Gasteiger partial charge in [0.05, 0.1) is 13.2 Å². The van der Waals surface area contributed by atoms with Gasteiger partial charge < -0.3 is 20.3 Å². The third kappa shape index (κ3) is 5.90. The van der Waals surface area contributed by atoms with Gasteiger partial charge in [0.15, 0.2) is 5.96 Å². The van der Waals surface area contributed by atoms with E-state index in [9.17, 15) is 0 Å². The van der Waals surface area contributed by atoms with Crippen molar-refractivity contribution < 1.29 is 4.74 Å². The van der Waals surface area contributed by atoms with Crippen LogP contribution in [-0.2, 0) is 19.4 Å². The number of hydrogen-bond acceptors (Lipinski definition) is 3. The topological polar surface area (TPSA) is 48.9 Å². The van der Waals surface area contributed by atoms with Crippen molar-refractivity contribution in [1.29, 1.82) is 0 Å². The van der Waals surface area contributed by atoms with Gasteiger partial charge in [-0.1, -0.05) is 36.4 Å². The minimum Gasteiger partial charge on any atom is -0.493 e. The maximum Gasteiger partial charge on any atom is 0.191 e. The molecular formula is C24H31IN4O. The minimum absolute atomic E-state index is 0. The zero-order valence-electron chi connectivity index (χ0n) is 17.6. The lowest BCUT2D eigenvalue weighted by Gasteiger charge is -2.17. The summed E-state index contributed by atoms with van der Waals surface area (Å²) >= 11 is 0. The fraction of sp³-hybridized carbons (Fsp3) is 0.375. The summed E-state index contributed by atoms with van der Waals surface area (Å²) in [5.74, 6) is 1.91. The SMILES string of the molecule is CCNC(=NCc1ccc(N2CC=CC2)cc1)NCCc1ccc2c(c1)CCO2.I. The summed E-state index contributed by atoms with van der Waals surface area (Å²) in [4.78, 5) is 7.10. The second kappa shape index (κ2) is 11.2. The number of halogens is 1. The molecule has 0 spiro atoms. The predicted molar refractivity (Wildman–Crippen MR) is 135 cm³/mol. The first kappa shape index (κ1) is 22.5. The summed E-state index contributed by atoms with van der Waals surface area (Å²) in [5, 5.41) is 6.79. The smallest absolute Gasteiger partial charge is 0.191 e. The average Bonchev–Trinajstić information content (AvgIpc) is 3.44. The second-order valence-corrected chi connectivity index (χ2v) is 7.46. The van der Waals surface area contributed by atoms with Crippen LogP contribution in [0.1, 0.15) is 23.6 Å². The Morgan fingerprint density at radius 1 is 1.03 bits per heavy atom. The molecule has 160 valence electrons. The zero-order chi connectivity index (χ0) is 19.9. The first-order valence-corrected chi connectivity index (χ1v) is 10.6. The van der Waals surface area contributed by atoms with E-state index in [0.717, 1.165) is 57.3 Å². The monoisotopic (exact) mass is 518 g/mol. The molecule has 4 rings (SSSR count). The van der Waals surface area contributed by atoms with Crippen molar-refractivity contribution in [2.75, 3.05) is 37.7 Å². The van der Waals surface area contributed by atoms with E-state index in [1.165, 1.54) is 22.4 Å². The molecular weight excluding hydrogens is 487 g/mol. The molecule has 0 saturated heterocycles. The number of ether oxygens (including phenoxy) is 1. The van der Waals surface area contributed by atoms with Crippen LogP contribution in [0.25, 0.3) is 0 Å². The molecule has 2 aromatic rings. The molecule has 0 saturated carbocycles. The lowest BCUT2D eigenvalue weighted by molar-refractivity contribution is 0.357. The van der Waals surface area contributed by atoms with Crippen molar-refractivity contribution in [3.8, 4) is 5.75 Å². The molecule has 0 radical (unpaired) electrons. The largest absolute Gasteiger partial charge is 0.493 e. The third-order valence-electron chi connectivity index (χ3n) is 5.34. The van der Waals surface area contributed by atoms with E-state index < -0.39 is 0 Å². The van der Waals surface area contributed by atoms with E-state index in [4.69, 9.17) is 9.73 Å². The Bertz CT molecular complexity index is 871. The van der Waals surface area contributed by atoms with E-state index in [0.29, 0.717) is 6.54 Å². The van der Waals surface area contributed by atoms with Crippen molar-refractivity contribution in [3.63, 3.8) is 0 Å². The molecule has 0 aliphatic carbocycles. The summed E-state index contributed by atoms with van der Waals surface area (Å²) < 4.78 is 5.59. The summed E-state index contributed by atoms with van der Waals surface area (Å²) in [6, 6.07) is 15.3. The molecule has 0 aromatic heterocycles. The highest BCUT2D eigenvalue weighted by Crippen LogP contribution is 2.25. The highest BCUT2D eigenvalue weighted by Gasteiger charge is 2.12. The van der Waals surface area contributed by atoms with Crippen LogP contribution in [0.15, 0.2) is 59.6 Å². The van der Waals surface area contributed by atoms with E-state index >= 15 is 0 Å². The number of benzene rings is 2. The maximum atomic E-state index is 5.59. The normalized spacial score (nSPS) is 14.8. The van der Waals surface area contributed by atoms with Crippen LogP contribution < -0.4 is 20.3 Å². The average molecular weight is 518 g/mol. The Kier molecular flexibility index (Phi) is 8.42. The Hall–Kier alpha value is -2.22. The lowest BCUT2D eigenvalue weighted by Crippen LogP contribution is -2.38. The molecule has 2 heterocycles. The van der Waals surface area contributed by atoms with Crippen molar-refractivity contribution >= 4 is 35.6 Å². The number of aliphatic imine (C=N–C) groups is 1. The molecule has 0 unspecified atom stereocenters. The van der Waals surface area contributed by atoms with Crippen molar-refractivity contribution in [2.24, 2.45) is 4.99 Å². The number of hydrogen-bond donors (Lipinski definition) is 2. The van der Waals surface area contributed by atoms with E-state index in [1.54, 1.807) is 0 Å². The summed E-state index contributed by atoms with van der Waals surface area (Å²) in [6.07, 6.45) is 6.41. The Morgan fingerprint density at radius 2 is 1.80 bits per heavy atom. The molecule has 0 bridgehead atoms. The summed E-state index contributed by atoms with van der Waals surface area (Å²) in [5.41, 5.74) is 5.16. The molecule has 30 heavy (non-hydrogen) atoms. The van der Waals surface area contributed by atoms with Gasteiger partial charge in [-0.15, -0.1) is 24.0 Å². The number of guanidine groups is 1. The first-order chi connectivity index (χ1) is 14.3. The van der Waals surface area contributed by atoms with Gasteiger partial charge in [0.1, 0.15) is 5.75 Å². The molecule has 0 atom stereocenters. The van der Waals surface area contributed by atoms with Crippen LogP contribution >= 0.6 is 24.0 Å². The van der Waals surface area contributed by atoms with Crippen LogP contribution in [0.3, 0.4) is 0 Å². The highest BCUT2D eigenvalue weighted by molar-refractivity contribution is 14.0. The van der Waals surface area contributed by atoms with Gasteiger partial charge in [-0.05, 0) is 48.2 Å². The standard InChI is InChI=1S/C24H30N4O.HI/c1-2-25-24(26-13-11-19-7-10-23-21(17-19)12-16-29-23)27-18-20-5-8-22(9-6-20)28-14-3-4-15-28;/h3-10,17H,2,11-16,18H2,1H3,(H2,25,26,27);1H. The molecule has 6 heteroatoms. The number of nitrogens with zero attached hydrogens (tertiary/aromatic N) is 2. The predicted octanol–water partition coefficient (Wildman–Crippen LogP) is 3.91. The van der Waals surface area contributed by atoms with Crippen LogP contribution in [-0.4, -0.2) is 38.7 Å². The van der Waals surface area contributed by atoms with Gasteiger partial charge in [0.25, 0.3) is 0 Å². The van der Waals surface area contributed by atoms with Gasteiger partial charge in [0, 0.05) is 38.3 Å². The van der Waals surface area contributed by atoms with E-state index in [2.05, 4.69) is 77.1 Å². The van der Waals surface area contributed by atoms with Crippen LogP contribution in [0.4, 0.5) is 5.69 Å². The number of nitrogens with one attached hydrogen (secondary N) is 2. The molecule has 2 aliphatic heterocycles.